The summed E-state index contributed by atoms with van der Waals surface area (Å²) in [7, 11) is 0. The van der Waals surface area contributed by atoms with E-state index in [2.05, 4.69) is 0 Å². The summed E-state index contributed by atoms with van der Waals surface area (Å²) in [4.78, 5) is 27.1. The maximum Gasteiger partial charge on any atom is 0.327 e. The summed E-state index contributed by atoms with van der Waals surface area (Å²) >= 11 is 1.51. The van der Waals surface area contributed by atoms with Crippen LogP contribution in [0.3, 0.4) is 0 Å². The minimum absolute atomic E-state index is 0.0495. The average molecular weight is 288 g/mol. The quantitative estimate of drug-likeness (QED) is 0.823. The van der Waals surface area contributed by atoms with Gasteiger partial charge in [-0.15, -0.1) is 11.8 Å². The van der Waals surface area contributed by atoms with Crippen molar-refractivity contribution in [1.29, 1.82) is 0 Å². The number of urea groups is 1. The molecule has 3 atom stereocenters. The predicted molar refractivity (Wildman–Crippen MR) is 72.2 cm³/mol. The van der Waals surface area contributed by atoms with E-state index in [0.29, 0.717) is 25.5 Å². The number of morpholine rings is 1. The van der Waals surface area contributed by atoms with Crippen LogP contribution in [0.2, 0.25) is 0 Å². The van der Waals surface area contributed by atoms with Gasteiger partial charge in [0.2, 0.25) is 0 Å². The number of ether oxygens (including phenoxy) is 1. The maximum absolute atomic E-state index is 12.6. The normalized spacial score (nSPS) is 31.6. The Labute approximate surface area is 117 Å². The second-order valence-corrected chi connectivity index (χ2v) is 6.16. The molecule has 2 aliphatic rings. The minimum Gasteiger partial charge on any atom is -0.480 e. The molecule has 2 rings (SSSR count). The lowest BCUT2D eigenvalue weighted by Crippen LogP contribution is -2.57. The zero-order chi connectivity index (χ0) is 14.0. The van der Waals surface area contributed by atoms with Crippen molar-refractivity contribution in [3.05, 3.63) is 0 Å². The molecule has 3 unspecified atom stereocenters. The fourth-order valence-electron chi connectivity index (χ4n) is 2.52. The van der Waals surface area contributed by atoms with E-state index >= 15 is 0 Å². The average Bonchev–Trinajstić information content (AvgIpc) is 2.80. The van der Waals surface area contributed by atoms with Crippen LogP contribution in [0.4, 0.5) is 4.79 Å². The smallest absolute Gasteiger partial charge is 0.327 e. The van der Waals surface area contributed by atoms with Gasteiger partial charge in [0, 0.05) is 12.3 Å². The molecule has 0 aliphatic carbocycles. The van der Waals surface area contributed by atoms with Gasteiger partial charge in [-0.3, -0.25) is 4.90 Å². The lowest BCUT2D eigenvalue weighted by molar-refractivity contribution is -0.141. The van der Waals surface area contributed by atoms with Crippen LogP contribution in [0, 0.1) is 0 Å². The molecule has 0 radical (unpaired) electrons. The molecule has 0 aromatic heterocycles. The third-order valence-corrected chi connectivity index (χ3v) is 4.89. The van der Waals surface area contributed by atoms with Gasteiger partial charge >= 0.3 is 12.0 Å². The Bertz CT molecular complexity index is 366. The first-order valence-corrected chi connectivity index (χ1v) is 7.62. The first kappa shape index (κ1) is 14.5. The van der Waals surface area contributed by atoms with Gasteiger partial charge < -0.3 is 14.7 Å². The summed E-state index contributed by atoms with van der Waals surface area (Å²) in [6, 6.07) is -0.832. The zero-order valence-corrected chi connectivity index (χ0v) is 12.1. The number of nitrogens with zero attached hydrogens (tertiary/aromatic N) is 2. The second-order valence-electron chi connectivity index (χ2n) is 4.81. The van der Waals surface area contributed by atoms with E-state index in [4.69, 9.17) is 4.74 Å². The topological polar surface area (TPSA) is 70.1 Å². The third kappa shape index (κ3) is 2.81. The van der Waals surface area contributed by atoms with Crippen molar-refractivity contribution < 1.29 is 19.4 Å². The number of amides is 2. The van der Waals surface area contributed by atoms with Gasteiger partial charge in [-0.2, -0.15) is 0 Å². The first-order valence-electron chi connectivity index (χ1n) is 6.57. The van der Waals surface area contributed by atoms with Crippen LogP contribution in [-0.2, 0) is 9.53 Å². The van der Waals surface area contributed by atoms with E-state index in [1.54, 1.807) is 4.90 Å². The van der Waals surface area contributed by atoms with Crippen molar-refractivity contribution in [2.45, 2.75) is 37.7 Å². The number of carbonyl (C=O) groups is 2. The summed E-state index contributed by atoms with van der Waals surface area (Å²) in [5, 5.41) is 9.13. The van der Waals surface area contributed by atoms with Crippen LogP contribution in [0.15, 0.2) is 0 Å². The molecule has 2 amide bonds. The Hall–Kier alpha value is -0.950. The molecule has 108 valence electrons. The Morgan fingerprint density at radius 3 is 2.84 bits per heavy atom. The van der Waals surface area contributed by atoms with Crippen molar-refractivity contribution in [2.75, 3.05) is 25.5 Å². The predicted octanol–water partition coefficient (Wildman–Crippen LogP) is 1.07. The molecule has 0 spiro atoms. The highest BCUT2D eigenvalue weighted by Crippen LogP contribution is 2.30. The molecule has 2 heterocycles. The third-order valence-electron chi connectivity index (χ3n) is 3.67. The molecule has 0 aromatic rings. The molecule has 6 nitrogen and oxygen atoms in total. The van der Waals surface area contributed by atoms with Gasteiger partial charge in [0.05, 0.1) is 24.6 Å². The van der Waals surface area contributed by atoms with Crippen LogP contribution in [0.1, 0.15) is 20.3 Å². The van der Waals surface area contributed by atoms with Gasteiger partial charge in [-0.25, -0.2) is 9.59 Å². The zero-order valence-electron chi connectivity index (χ0n) is 11.2. The number of aliphatic carboxylic acids is 1. The molecule has 2 saturated heterocycles. The van der Waals surface area contributed by atoms with Gasteiger partial charge in [-0.05, 0) is 13.3 Å². The number of hydrogen-bond acceptors (Lipinski definition) is 4. The number of carboxylic acid groups (broad SMARTS) is 1. The highest BCUT2D eigenvalue weighted by atomic mass is 32.2. The van der Waals surface area contributed by atoms with Crippen LogP contribution >= 0.6 is 11.8 Å². The fraction of sp³-hybridized carbons (Fsp3) is 0.833. The summed E-state index contributed by atoms with van der Waals surface area (Å²) in [5.41, 5.74) is 0. The molecule has 7 heteroatoms. The first-order chi connectivity index (χ1) is 9.06. The fourth-order valence-corrected chi connectivity index (χ4v) is 3.68. The van der Waals surface area contributed by atoms with Crippen LogP contribution in [0.5, 0.6) is 0 Å². The lowest BCUT2D eigenvalue weighted by Gasteiger charge is -2.39. The molecule has 1 N–H and O–H groups in total. The van der Waals surface area contributed by atoms with Gasteiger partial charge in [0.25, 0.3) is 0 Å². The van der Waals surface area contributed by atoms with E-state index in [1.165, 1.54) is 16.7 Å². The molecule has 2 fully saturated rings. The monoisotopic (exact) mass is 288 g/mol. The van der Waals surface area contributed by atoms with E-state index in [0.717, 1.165) is 6.42 Å². The van der Waals surface area contributed by atoms with Crippen molar-refractivity contribution >= 4 is 23.8 Å². The molecule has 0 aromatic carbocycles. The largest absolute Gasteiger partial charge is 0.480 e. The van der Waals surface area contributed by atoms with E-state index in [9.17, 15) is 14.7 Å². The van der Waals surface area contributed by atoms with Gasteiger partial charge in [-0.1, -0.05) is 6.92 Å². The van der Waals surface area contributed by atoms with Crippen LogP contribution < -0.4 is 0 Å². The van der Waals surface area contributed by atoms with E-state index in [-0.39, 0.29) is 17.4 Å². The Morgan fingerprint density at radius 2 is 2.21 bits per heavy atom. The molecule has 2 aliphatic heterocycles. The number of hydrogen-bond donors (Lipinski definition) is 1. The Kier molecular flexibility index (Phi) is 4.57. The number of carboxylic acids is 1. The van der Waals surface area contributed by atoms with E-state index < -0.39 is 12.0 Å². The standard InChI is InChI=1S/C12H20N2O4S/c1-3-9-6-18-5-4-13(9)12(17)14-8(2)19-7-10(14)11(15)16/h8-10H,3-7H2,1-2H3,(H,15,16). The van der Waals surface area contributed by atoms with Gasteiger partial charge in [0.15, 0.2) is 0 Å². The van der Waals surface area contributed by atoms with Crippen molar-refractivity contribution in [2.24, 2.45) is 0 Å². The number of thioether (sulfide) groups is 1. The van der Waals surface area contributed by atoms with Crippen molar-refractivity contribution in [1.82, 2.24) is 9.80 Å². The second kappa shape index (κ2) is 6.00. The van der Waals surface area contributed by atoms with Gasteiger partial charge in [0.1, 0.15) is 6.04 Å². The lowest BCUT2D eigenvalue weighted by atomic mass is 10.2. The van der Waals surface area contributed by atoms with Crippen molar-refractivity contribution in [3.8, 4) is 0 Å². The summed E-state index contributed by atoms with van der Waals surface area (Å²) in [6.45, 7) is 5.49. The number of carbonyl (C=O) groups excluding carboxylic acids is 1. The Morgan fingerprint density at radius 1 is 1.47 bits per heavy atom. The summed E-state index contributed by atoms with van der Waals surface area (Å²) < 4.78 is 5.38. The summed E-state index contributed by atoms with van der Waals surface area (Å²) in [6.07, 6.45) is 0.818. The number of rotatable bonds is 2. The molecular formula is C12H20N2O4S. The van der Waals surface area contributed by atoms with E-state index in [1.807, 2.05) is 13.8 Å². The highest BCUT2D eigenvalue weighted by Gasteiger charge is 2.42. The molecule has 19 heavy (non-hydrogen) atoms. The summed E-state index contributed by atoms with van der Waals surface area (Å²) in [5.74, 6) is -0.463. The maximum atomic E-state index is 12.6. The van der Waals surface area contributed by atoms with Crippen LogP contribution in [-0.4, -0.2) is 69.9 Å². The SMILES string of the molecule is CCC1COCCN1C(=O)N1C(C)SCC1C(=O)O. The van der Waals surface area contributed by atoms with Crippen LogP contribution in [0.25, 0.3) is 0 Å². The molecule has 0 bridgehead atoms. The Balaban J connectivity index is 2.14. The van der Waals surface area contributed by atoms with Crippen molar-refractivity contribution in [3.63, 3.8) is 0 Å². The minimum atomic E-state index is -0.925. The molecule has 0 saturated carbocycles. The highest BCUT2D eigenvalue weighted by molar-refractivity contribution is 8.00. The molecular weight excluding hydrogens is 268 g/mol.